The molecule has 1 N–H and O–H groups in total. The fraction of sp³-hybridized carbons (Fsp3) is 0.286. The number of hydrogen-bond donors (Lipinski definition) is 1. The van der Waals surface area contributed by atoms with Crippen LogP contribution in [0.15, 0.2) is 36.7 Å². The van der Waals surface area contributed by atoms with E-state index in [0.717, 1.165) is 12.1 Å². The molecule has 0 fully saturated rings. The maximum Gasteiger partial charge on any atom is 0.226 e. The van der Waals surface area contributed by atoms with Crippen LogP contribution in [-0.4, -0.2) is 15.7 Å². The van der Waals surface area contributed by atoms with Crippen LogP contribution in [0, 0.1) is 0 Å². The lowest BCUT2D eigenvalue weighted by molar-refractivity contribution is -0.116. The molecule has 1 aromatic heterocycles. The Hall–Kier alpha value is -1.81. The Balaban J connectivity index is 1.83. The van der Waals surface area contributed by atoms with E-state index in [4.69, 9.17) is 11.6 Å². The van der Waals surface area contributed by atoms with Crippen LogP contribution in [0.1, 0.15) is 18.9 Å². The predicted octanol–water partition coefficient (Wildman–Crippen LogP) is 3.13. The zero-order valence-electron chi connectivity index (χ0n) is 10.8. The van der Waals surface area contributed by atoms with Crippen LogP contribution in [-0.2, 0) is 17.8 Å². The average Bonchev–Trinajstić information content (AvgIpc) is 2.83. The predicted molar refractivity (Wildman–Crippen MR) is 76.3 cm³/mol. The number of aromatic nitrogens is 2. The Bertz CT molecular complexity index is 548. The van der Waals surface area contributed by atoms with Crippen molar-refractivity contribution >= 4 is 23.2 Å². The van der Waals surface area contributed by atoms with Crippen molar-refractivity contribution < 1.29 is 4.79 Å². The molecule has 1 aromatic carbocycles. The summed E-state index contributed by atoms with van der Waals surface area (Å²) in [4.78, 5) is 11.8. The van der Waals surface area contributed by atoms with Crippen LogP contribution >= 0.6 is 11.6 Å². The smallest absolute Gasteiger partial charge is 0.226 e. The van der Waals surface area contributed by atoms with E-state index in [1.54, 1.807) is 17.1 Å². The largest absolute Gasteiger partial charge is 0.326 e. The Labute approximate surface area is 117 Å². The number of benzene rings is 1. The molecule has 0 aliphatic rings. The van der Waals surface area contributed by atoms with Gasteiger partial charge in [0.05, 0.1) is 11.2 Å². The third kappa shape index (κ3) is 4.10. The molecule has 1 amide bonds. The van der Waals surface area contributed by atoms with Crippen LogP contribution < -0.4 is 5.32 Å². The van der Waals surface area contributed by atoms with Gasteiger partial charge < -0.3 is 5.32 Å². The summed E-state index contributed by atoms with van der Waals surface area (Å²) in [6, 6.07) is 7.87. The monoisotopic (exact) mass is 277 g/mol. The van der Waals surface area contributed by atoms with Gasteiger partial charge in [0.1, 0.15) is 0 Å². The molecule has 0 bridgehead atoms. The highest BCUT2D eigenvalue weighted by atomic mass is 35.5. The van der Waals surface area contributed by atoms with Crippen molar-refractivity contribution in [3.63, 3.8) is 0 Å². The Morgan fingerprint density at radius 2 is 2.11 bits per heavy atom. The quantitative estimate of drug-likeness (QED) is 0.913. The summed E-state index contributed by atoms with van der Waals surface area (Å²) in [7, 11) is 0. The first-order chi connectivity index (χ1) is 9.17. The van der Waals surface area contributed by atoms with E-state index in [1.807, 2.05) is 24.3 Å². The van der Waals surface area contributed by atoms with Gasteiger partial charge in [-0.15, -0.1) is 0 Å². The van der Waals surface area contributed by atoms with Gasteiger partial charge in [0.25, 0.3) is 0 Å². The van der Waals surface area contributed by atoms with E-state index in [0.29, 0.717) is 18.0 Å². The summed E-state index contributed by atoms with van der Waals surface area (Å²) in [6.07, 6.45) is 4.62. The lowest BCUT2D eigenvalue weighted by Crippen LogP contribution is -2.14. The zero-order chi connectivity index (χ0) is 13.7. The molecular weight excluding hydrogens is 262 g/mol. The van der Waals surface area contributed by atoms with Gasteiger partial charge in [-0.3, -0.25) is 9.48 Å². The first-order valence-corrected chi connectivity index (χ1v) is 6.62. The van der Waals surface area contributed by atoms with Crippen molar-refractivity contribution in [3.8, 4) is 0 Å². The van der Waals surface area contributed by atoms with Gasteiger partial charge in [0.2, 0.25) is 5.91 Å². The van der Waals surface area contributed by atoms with E-state index in [9.17, 15) is 4.79 Å². The summed E-state index contributed by atoms with van der Waals surface area (Å²) >= 11 is 5.75. The highest BCUT2D eigenvalue weighted by Crippen LogP contribution is 2.10. The molecule has 19 heavy (non-hydrogen) atoms. The summed E-state index contributed by atoms with van der Waals surface area (Å²) in [5.74, 6) is -0.0316. The fourth-order valence-electron chi connectivity index (χ4n) is 1.72. The number of nitrogens with zero attached hydrogens (tertiary/aromatic N) is 2. The third-order valence-corrected chi connectivity index (χ3v) is 3.01. The second kappa shape index (κ2) is 6.38. The van der Waals surface area contributed by atoms with Gasteiger partial charge in [-0.05, 0) is 24.1 Å². The number of aryl methyl sites for hydroxylation is 2. The molecule has 0 unspecified atom stereocenters. The maximum absolute atomic E-state index is 11.8. The molecular formula is C14H16ClN3O. The molecule has 0 atom stereocenters. The molecule has 0 saturated carbocycles. The fourth-order valence-corrected chi connectivity index (χ4v) is 1.88. The van der Waals surface area contributed by atoms with Gasteiger partial charge in [0, 0.05) is 24.8 Å². The molecule has 0 spiro atoms. The first-order valence-electron chi connectivity index (χ1n) is 6.24. The topological polar surface area (TPSA) is 46.9 Å². The highest BCUT2D eigenvalue weighted by molar-refractivity contribution is 6.30. The van der Waals surface area contributed by atoms with Crippen molar-refractivity contribution in [2.24, 2.45) is 0 Å². The van der Waals surface area contributed by atoms with Gasteiger partial charge in [-0.2, -0.15) is 5.10 Å². The number of anilines is 1. The van der Waals surface area contributed by atoms with Gasteiger partial charge in [-0.25, -0.2) is 0 Å². The normalized spacial score (nSPS) is 10.4. The van der Waals surface area contributed by atoms with Gasteiger partial charge in [-0.1, -0.05) is 30.7 Å². The number of hydrogen-bond acceptors (Lipinski definition) is 2. The maximum atomic E-state index is 11.8. The van der Waals surface area contributed by atoms with E-state index < -0.39 is 0 Å². The Morgan fingerprint density at radius 1 is 1.37 bits per heavy atom. The lowest BCUT2D eigenvalue weighted by atomic mass is 10.1. The number of carbonyl (C=O) groups is 1. The van der Waals surface area contributed by atoms with Crippen molar-refractivity contribution in [2.75, 3.05) is 5.32 Å². The molecule has 0 aliphatic carbocycles. The van der Waals surface area contributed by atoms with Gasteiger partial charge >= 0.3 is 0 Å². The van der Waals surface area contributed by atoms with Crippen molar-refractivity contribution in [1.29, 1.82) is 0 Å². The number of rotatable bonds is 5. The Morgan fingerprint density at radius 3 is 2.68 bits per heavy atom. The van der Waals surface area contributed by atoms with Crippen LogP contribution in [0.4, 0.5) is 5.69 Å². The SMILES string of the molecule is CCc1ccc(NC(=O)CCn2cc(Cl)cn2)cc1. The second-order valence-electron chi connectivity index (χ2n) is 4.27. The van der Waals surface area contributed by atoms with E-state index in [-0.39, 0.29) is 5.91 Å². The minimum absolute atomic E-state index is 0.0316. The van der Waals surface area contributed by atoms with E-state index >= 15 is 0 Å². The molecule has 2 aromatic rings. The summed E-state index contributed by atoms with van der Waals surface area (Å²) in [5.41, 5.74) is 2.07. The molecule has 2 rings (SSSR count). The second-order valence-corrected chi connectivity index (χ2v) is 4.71. The van der Waals surface area contributed by atoms with Crippen LogP contribution in [0.25, 0.3) is 0 Å². The molecule has 0 aliphatic heterocycles. The molecule has 0 saturated heterocycles. The molecule has 1 heterocycles. The minimum Gasteiger partial charge on any atom is -0.326 e. The molecule has 5 heteroatoms. The molecule has 4 nitrogen and oxygen atoms in total. The van der Waals surface area contributed by atoms with Crippen LogP contribution in [0.2, 0.25) is 5.02 Å². The van der Waals surface area contributed by atoms with Crippen molar-refractivity contribution in [2.45, 2.75) is 26.3 Å². The molecule has 100 valence electrons. The number of amides is 1. The lowest BCUT2D eigenvalue weighted by Gasteiger charge is -2.06. The standard InChI is InChI=1S/C14H16ClN3O/c1-2-11-3-5-13(6-4-11)17-14(19)7-8-18-10-12(15)9-16-18/h3-6,9-10H,2,7-8H2,1H3,(H,17,19). The summed E-state index contributed by atoms with van der Waals surface area (Å²) < 4.78 is 1.65. The van der Waals surface area contributed by atoms with E-state index in [1.165, 1.54) is 5.56 Å². The first kappa shape index (κ1) is 13.6. The summed E-state index contributed by atoms with van der Waals surface area (Å²) in [6.45, 7) is 2.62. The minimum atomic E-state index is -0.0316. The molecule has 0 radical (unpaired) electrons. The van der Waals surface area contributed by atoms with Crippen molar-refractivity contribution in [3.05, 3.63) is 47.2 Å². The zero-order valence-corrected chi connectivity index (χ0v) is 11.5. The van der Waals surface area contributed by atoms with E-state index in [2.05, 4.69) is 17.3 Å². The van der Waals surface area contributed by atoms with Crippen LogP contribution in [0.3, 0.4) is 0 Å². The summed E-state index contributed by atoms with van der Waals surface area (Å²) in [5, 5.41) is 7.46. The van der Waals surface area contributed by atoms with Crippen LogP contribution in [0.5, 0.6) is 0 Å². The number of carbonyl (C=O) groups excluding carboxylic acids is 1. The van der Waals surface area contributed by atoms with Crippen molar-refractivity contribution in [1.82, 2.24) is 9.78 Å². The third-order valence-electron chi connectivity index (χ3n) is 2.82. The average molecular weight is 278 g/mol. The highest BCUT2D eigenvalue weighted by Gasteiger charge is 2.03. The Kier molecular flexibility index (Phi) is 4.58. The number of halogens is 1. The number of nitrogens with one attached hydrogen (secondary N) is 1. The van der Waals surface area contributed by atoms with Gasteiger partial charge in [0.15, 0.2) is 0 Å².